The monoisotopic (exact) mass is 487 g/mol. The van der Waals surface area contributed by atoms with Crippen LogP contribution in [0.1, 0.15) is 68.6 Å². The van der Waals surface area contributed by atoms with Crippen LogP contribution in [0.2, 0.25) is 0 Å². The molecule has 4 rings (SSSR count). The third-order valence-electron chi connectivity index (χ3n) is 7.43. The second-order valence-corrected chi connectivity index (χ2v) is 10.0. The van der Waals surface area contributed by atoms with Crippen molar-refractivity contribution >= 4 is 16.9 Å². The van der Waals surface area contributed by atoms with Gasteiger partial charge in [-0.1, -0.05) is 37.3 Å². The second-order valence-electron chi connectivity index (χ2n) is 10.0. The average Bonchev–Trinajstić information content (AvgIpc) is 3.24. The Labute approximate surface area is 215 Å². The van der Waals surface area contributed by atoms with Gasteiger partial charge in [-0.15, -0.1) is 0 Å². The van der Waals surface area contributed by atoms with E-state index < -0.39 is 0 Å². The van der Waals surface area contributed by atoms with Gasteiger partial charge in [-0.2, -0.15) is 0 Å². The number of carbonyl (C=O) groups is 1. The number of methoxy groups -OCH3 is 1. The predicted octanol–water partition coefficient (Wildman–Crippen LogP) is 7.76. The Morgan fingerprint density at radius 3 is 2.78 bits per heavy atom. The van der Waals surface area contributed by atoms with Crippen molar-refractivity contribution in [3.05, 3.63) is 88.9 Å². The zero-order valence-corrected chi connectivity index (χ0v) is 21.9. The molecule has 0 N–H and O–H groups in total. The Morgan fingerprint density at radius 2 is 2.00 bits per heavy atom. The van der Waals surface area contributed by atoms with Crippen LogP contribution in [0.3, 0.4) is 0 Å². The van der Waals surface area contributed by atoms with Gasteiger partial charge in [0.25, 0.3) is 0 Å². The molecule has 0 saturated heterocycles. The van der Waals surface area contributed by atoms with Crippen molar-refractivity contribution in [2.75, 3.05) is 20.2 Å². The lowest BCUT2D eigenvalue weighted by atomic mass is 9.94. The molecule has 0 amide bonds. The number of hydrogen-bond donors (Lipinski definition) is 0. The molecule has 0 saturated carbocycles. The van der Waals surface area contributed by atoms with Crippen LogP contribution in [0.5, 0.6) is 5.75 Å². The van der Waals surface area contributed by atoms with E-state index in [4.69, 9.17) is 4.74 Å². The highest BCUT2D eigenvalue weighted by molar-refractivity contribution is 5.81. The van der Waals surface area contributed by atoms with E-state index in [1.54, 1.807) is 14.0 Å². The van der Waals surface area contributed by atoms with Crippen molar-refractivity contribution in [1.82, 2.24) is 4.90 Å². The van der Waals surface area contributed by atoms with Crippen LogP contribution in [-0.4, -0.2) is 30.9 Å². The summed E-state index contributed by atoms with van der Waals surface area (Å²) in [6.45, 7) is 5.23. The quantitative estimate of drug-likeness (QED) is 0.381. The molecule has 1 aliphatic carbocycles. The molecular formula is C32H38FNO2. The minimum absolute atomic E-state index is 0.177. The summed E-state index contributed by atoms with van der Waals surface area (Å²) in [5.41, 5.74) is 6.57. The summed E-state index contributed by atoms with van der Waals surface area (Å²) < 4.78 is 19.2. The Hall–Kier alpha value is -3.14. The first-order chi connectivity index (χ1) is 17.5. The number of halogens is 1. The Kier molecular flexibility index (Phi) is 8.79. The first kappa shape index (κ1) is 25.9. The molecule has 2 aliphatic rings. The van der Waals surface area contributed by atoms with Crippen molar-refractivity contribution in [3.63, 3.8) is 0 Å². The molecule has 190 valence electrons. The normalized spacial score (nSPS) is 18.5. The third-order valence-corrected chi connectivity index (χ3v) is 7.43. The lowest BCUT2D eigenvalue weighted by Crippen LogP contribution is -2.30. The molecule has 0 radical (unpaired) electrons. The van der Waals surface area contributed by atoms with Crippen molar-refractivity contribution in [2.45, 2.75) is 58.8 Å². The van der Waals surface area contributed by atoms with Crippen molar-refractivity contribution in [1.29, 1.82) is 0 Å². The molecule has 4 heteroatoms. The van der Waals surface area contributed by atoms with E-state index in [-0.39, 0.29) is 5.82 Å². The molecule has 0 aromatic heterocycles. The number of benzene rings is 2. The number of Topliss-reactive ketones (excluding diaryl/α,β-unsaturated/α-hetero) is 1. The zero-order chi connectivity index (χ0) is 25.5. The highest BCUT2D eigenvalue weighted by Crippen LogP contribution is 2.32. The fraction of sp³-hybridized carbons (Fsp3) is 0.406. The molecule has 36 heavy (non-hydrogen) atoms. The summed E-state index contributed by atoms with van der Waals surface area (Å²) in [6, 6.07) is 13.6. The number of rotatable bonds is 8. The summed E-state index contributed by atoms with van der Waals surface area (Å²) in [7, 11) is 1.70. The number of allylic oxidation sites excluding steroid dienone is 5. The van der Waals surface area contributed by atoms with Gasteiger partial charge in [-0.05, 0) is 110 Å². The van der Waals surface area contributed by atoms with Crippen molar-refractivity contribution < 1.29 is 13.9 Å². The predicted molar refractivity (Wildman–Crippen MR) is 146 cm³/mol. The molecule has 0 fully saturated rings. The maximum atomic E-state index is 13.8. The molecule has 2 aromatic carbocycles. The SMILES string of the molecule is CCC1=CC(c2ccc(F)c(C)c2)=CCCN1CC(=O)CC1CC=C(c2cccc(OC)c2)CCC1. The molecule has 1 atom stereocenters. The number of ketones is 1. The molecule has 1 unspecified atom stereocenters. The number of aryl methyl sites for hydroxylation is 1. The van der Waals surface area contributed by atoms with E-state index in [9.17, 15) is 9.18 Å². The molecule has 2 aromatic rings. The third kappa shape index (κ3) is 6.54. The largest absolute Gasteiger partial charge is 0.497 e. The summed E-state index contributed by atoms with van der Waals surface area (Å²) >= 11 is 0. The maximum Gasteiger partial charge on any atom is 0.152 e. The van der Waals surface area contributed by atoms with Crippen LogP contribution in [-0.2, 0) is 4.79 Å². The smallest absolute Gasteiger partial charge is 0.152 e. The van der Waals surface area contributed by atoms with E-state index in [1.165, 1.54) is 22.9 Å². The first-order valence-corrected chi connectivity index (χ1v) is 13.2. The molecule has 3 nitrogen and oxygen atoms in total. The minimum atomic E-state index is -0.177. The number of nitrogens with zero attached hydrogens (tertiary/aromatic N) is 1. The number of ether oxygens (including phenoxy) is 1. The number of carbonyl (C=O) groups excluding carboxylic acids is 1. The minimum Gasteiger partial charge on any atom is -0.497 e. The van der Waals surface area contributed by atoms with Crippen LogP contribution in [0.4, 0.5) is 4.39 Å². The van der Waals surface area contributed by atoms with E-state index in [1.807, 2.05) is 24.3 Å². The van der Waals surface area contributed by atoms with Crippen LogP contribution in [0.25, 0.3) is 11.1 Å². The highest BCUT2D eigenvalue weighted by Gasteiger charge is 2.21. The molecule has 1 aliphatic heterocycles. The fourth-order valence-corrected chi connectivity index (χ4v) is 5.36. The molecule has 0 spiro atoms. The topological polar surface area (TPSA) is 29.5 Å². The van der Waals surface area contributed by atoms with Gasteiger partial charge < -0.3 is 9.64 Å². The van der Waals surface area contributed by atoms with E-state index >= 15 is 0 Å². The van der Waals surface area contributed by atoms with Gasteiger partial charge in [0.05, 0.1) is 13.7 Å². The highest BCUT2D eigenvalue weighted by atomic mass is 19.1. The summed E-state index contributed by atoms with van der Waals surface area (Å²) in [5, 5.41) is 0. The molecule has 1 heterocycles. The average molecular weight is 488 g/mol. The Morgan fingerprint density at radius 1 is 1.14 bits per heavy atom. The van der Waals surface area contributed by atoms with Gasteiger partial charge in [0.15, 0.2) is 5.78 Å². The summed E-state index contributed by atoms with van der Waals surface area (Å²) in [6.07, 6.45) is 13.3. The lowest BCUT2D eigenvalue weighted by molar-refractivity contribution is -0.120. The van der Waals surface area contributed by atoms with Crippen molar-refractivity contribution in [3.8, 4) is 5.75 Å². The van der Waals surface area contributed by atoms with Gasteiger partial charge in [0.1, 0.15) is 11.6 Å². The van der Waals surface area contributed by atoms with E-state index in [2.05, 4.69) is 42.2 Å². The lowest BCUT2D eigenvalue weighted by Gasteiger charge is -2.26. The van der Waals surface area contributed by atoms with Gasteiger partial charge in [-0.3, -0.25) is 4.79 Å². The van der Waals surface area contributed by atoms with Crippen LogP contribution in [0, 0.1) is 18.7 Å². The standard InChI is InChI=1S/C32H38FNO2/c1-4-29-20-26(28-15-16-32(33)23(2)18-28)11-7-17-34(29)22-30(35)19-24-8-5-9-25(14-13-24)27-10-6-12-31(21-27)36-3/h6,10-12,14-16,18,20-21,24H,4-5,7-9,13,17,19,22H2,1-3H3. The fourth-order valence-electron chi connectivity index (χ4n) is 5.36. The Balaban J connectivity index is 1.38. The summed E-state index contributed by atoms with van der Waals surface area (Å²) in [5.74, 6) is 1.42. The second kappa shape index (κ2) is 12.2. The van der Waals surface area contributed by atoms with Crippen molar-refractivity contribution in [2.24, 2.45) is 5.92 Å². The van der Waals surface area contributed by atoms with Gasteiger partial charge in [0.2, 0.25) is 0 Å². The first-order valence-electron chi connectivity index (χ1n) is 13.2. The Bertz CT molecular complexity index is 1180. The number of hydrogen-bond acceptors (Lipinski definition) is 3. The van der Waals surface area contributed by atoms with Gasteiger partial charge in [0, 0.05) is 18.7 Å². The van der Waals surface area contributed by atoms with E-state index in [0.717, 1.165) is 62.0 Å². The summed E-state index contributed by atoms with van der Waals surface area (Å²) in [4.78, 5) is 15.4. The maximum absolute atomic E-state index is 13.8. The van der Waals surface area contributed by atoms with Gasteiger partial charge >= 0.3 is 0 Å². The molecular weight excluding hydrogens is 449 g/mol. The van der Waals surface area contributed by atoms with Crippen LogP contribution in [0.15, 0.2) is 66.4 Å². The zero-order valence-electron chi connectivity index (χ0n) is 21.9. The van der Waals surface area contributed by atoms with Crippen LogP contribution >= 0.6 is 0 Å². The molecule has 0 bridgehead atoms. The van der Waals surface area contributed by atoms with Gasteiger partial charge in [-0.25, -0.2) is 4.39 Å². The van der Waals surface area contributed by atoms with E-state index in [0.29, 0.717) is 30.2 Å². The van der Waals surface area contributed by atoms with Crippen LogP contribution < -0.4 is 4.74 Å².